The third-order valence-corrected chi connectivity index (χ3v) is 6.73. The highest BCUT2D eigenvalue weighted by Crippen LogP contribution is 2.28. The summed E-state index contributed by atoms with van der Waals surface area (Å²) >= 11 is 0. The molecule has 0 aliphatic rings. The molecule has 35 heavy (non-hydrogen) atoms. The average Bonchev–Trinajstić information content (AvgIpc) is 2.85. The molecule has 0 unspecified atom stereocenters. The minimum absolute atomic E-state index is 0.0732. The van der Waals surface area contributed by atoms with Gasteiger partial charge in [0.15, 0.2) is 0 Å². The number of hydrogen-bond acceptors (Lipinski definition) is 6. The van der Waals surface area contributed by atoms with E-state index in [-0.39, 0.29) is 20.9 Å². The van der Waals surface area contributed by atoms with Crippen LogP contribution in [-0.2, 0) is 9.84 Å². The predicted molar refractivity (Wildman–Crippen MR) is 125 cm³/mol. The fourth-order valence-electron chi connectivity index (χ4n) is 3.11. The molecule has 176 valence electrons. The van der Waals surface area contributed by atoms with E-state index in [4.69, 9.17) is 19.7 Å². The number of rotatable bonds is 8. The van der Waals surface area contributed by atoms with Crippen molar-refractivity contribution >= 4 is 21.8 Å². The van der Waals surface area contributed by atoms with E-state index in [1.807, 2.05) is 0 Å². The van der Waals surface area contributed by atoms with Crippen molar-refractivity contribution in [1.29, 1.82) is 0 Å². The molecule has 0 heterocycles. The summed E-state index contributed by atoms with van der Waals surface area (Å²) in [6.45, 7) is 0. The Labute approximate surface area is 200 Å². The summed E-state index contributed by atoms with van der Waals surface area (Å²) in [6, 6.07) is 23.4. The van der Waals surface area contributed by atoms with Crippen LogP contribution in [0.3, 0.4) is 0 Å². The number of aromatic carboxylic acids is 2. The van der Waals surface area contributed by atoms with Crippen LogP contribution in [0.1, 0.15) is 20.7 Å². The van der Waals surface area contributed by atoms with Crippen molar-refractivity contribution in [3.63, 3.8) is 0 Å². The number of ether oxygens (including phenoxy) is 2. The molecule has 0 saturated carbocycles. The average molecular weight is 490 g/mol. The number of hydrogen-bond donors (Lipinski definition) is 2. The lowest BCUT2D eigenvalue weighted by Crippen LogP contribution is -2.02. The number of benzene rings is 4. The molecule has 0 bridgehead atoms. The van der Waals surface area contributed by atoms with Crippen molar-refractivity contribution in [1.82, 2.24) is 0 Å². The van der Waals surface area contributed by atoms with E-state index in [0.717, 1.165) is 0 Å². The van der Waals surface area contributed by atoms with Crippen molar-refractivity contribution in [3.05, 3.63) is 108 Å². The van der Waals surface area contributed by atoms with E-state index in [2.05, 4.69) is 0 Å². The largest absolute Gasteiger partial charge is 0.478 e. The number of sulfone groups is 1. The Morgan fingerprint density at radius 2 is 0.743 bits per heavy atom. The van der Waals surface area contributed by atoms with E-state index < -0.39 is 21.8 Å². The zero-order valence-electron chi connectivity index (χ0n) is 18.0. The minimum Gasteiger partial charge on any atom is -0.478 e. The summed E-state index contributed by atoms with van der Waals surface area (Å²) in [6.07, 6.45) is 0. The van der Waals surface area contributed by atoms with E-state index in [0.29, 0.717) is 23.0 Å². The molecule has 0 aromatic heterocycles. The van der Waals surface area contributed by atoms with Gasteiger partial charge >= 0.3 is 11.9 Å². The van der Waals surface area contributed by atoms with Gasteiger partial charge in [-0.25, -0.2) is 18.0 Å². The minimum atomic E-state index is -3.79. The first-order valence-corrected chi connectivity index (χ1v) is 11.7. The molecule has 4 aromatic rings. The SMILES string of the molecule is O=C(O)c1ccc(Oc2ccc(S(=O)(=O)c3ccc(Oc4ccc(C(=O)O)cc4)cc3)cc2)cc1. The summed E-state index contributed by atoms with van der Waals surface area (Å²) in [5.74, 6) is -0.466. The zero-order valence-corrected chi connectivity index (χ0v) is 18.8. The molecule has 4 rings (SSSR count). The third kappa shape index (κ3) is 5.48. The molecule has 4 aromatic carbocycles. The normalized spacial score (nSPS) is 11.0. The van der Waals surface area contributed by atoms with Crippen LogP contribution in [0.5, 0.6) is 23.0 Å². The highest BCUT2D eigenvalue weighted by Gasteiger charge is 2.18. The molecular weight excluding hydrogens is 472 g/mol. The van der Waals surface area contributed by atoms with Crippen LogP contribution < -0.4 is 9.47 Å². The quantitative estimate of drug-likeness (QED) is 0.331. The molecule has 0 aliphatic carbocycles. The standard InChI is InChI=1S/C26H18O8S/c27-25(28)17-1-5-19(6-2-17)33-21-9-13-23(14-10-21)35(31,32)24-15-11-22(12-16-24)34-20-7-3-18(4-8-20)26(29)30/h1-16H,(H,27,28)(H,29,30). The van der Waals surface area contributed by atoms with Gasteiger partial charge in [0.05, 0.1) is 20.9 Å². The molecule has 0 saturated heterocycles. The molecule has 0 spiro atoms. The molecule has 0 radical (unpaired) electrons. The van der Waals surface area contributed by atoms with Crippen LogP contribution in [0.25, 0.3) is 0 Å². The summed E-state index contributed by atoms with van der Waals surface area (Å²) in [5.41, 5.74) is 0.262. The van der Waals surface area contributed by atoms with Gasteiger partial charge in [-0.15, -0.1) is 0 Å². The molecular formula is C26H18O8S. The highest BCUT2D eigenvalue weighted by atomic mass is 32.2. The number of carboxylic acid groups (broad SMARTS) is 2. The van der Waals surface area contributed by atoms with Crippen LogP contribution in [0.4, 0.5) is 0 Å². The maximum atomic E-state index is 13.0. The van der Waals surface area contributed by atoms with Gasteiger partial charge in [0.2, 0.25) is 9.84 Å². The summed E-state index contributed by atoms with van der Waals surface area (Å²) < 4.78 is 37.3. The van der Waals surface area contributed by atoms with Crippen LogP contribution in [0, 0.1) is 0 Å². The Morgan fingerprint density at radius 3 is 1.00 bits per heavy atom. The van der Waals surface area contributed by atoms with Gasteiger partial charge in [0.25, 0.3) is 0 Å². The van der Waals surface area contributed by atoms with Crippen molar-refractivity contribution in [2.45, 2.75) is 9.79 Å². The second kappa shape index (κ2) is 9.70. The Hall–Kier alpha value is -4.63. The Bertz CT molecular complexity index is 1350. The van der Waals surface area contributed by atoms with E-state index in [9.17, 15) is 18.0 Å². The maximum absolute atomic E-state index is 13.0. The van der Waals surface area contributed by atoms with Crippen LogP contribution in [0.2, 0.25) is 0 Å². The van der Waals surface area contributed by atoms with Gasteiger partial charge in [-0.1, -0.05) is 0 Å². The van der Waals surface area contributed by atoms with Crippen molar-refractivity contribution in [2.75, 3.05) is 0 Å². The first kappa shape index (κ1) is 23.5. The summed E-state index contributed by atoms with van der Waals surface area (Å²) in [5, 5.41) is 17.9. The third-order valence-electron chi connectivity index (χ3n) is 4.94. The second-order valence-corrected chi connectivity index (χ2v) is 9.26. The number of carboxylic acids is 2. The fraction of sp³-hybridized carbons (Fsp3) is 0. The van der Waals surface area contributed by atoms with Gasteiger partial charge in [-0.05, 0) is 97.1 Å². The lowest BCUT2D eigenvalue weighted by Gasteiger charge is -2.09. The molecule has 0 amide bonds. The van der Waals surface area contributed by atoms with E-state index >= 15 is 0 Å². The Morgan fingerprint density at radius 1 is 0.486 bits per heavy atom. The van der Waals surface area contributed by atoms with Crippen LogP contribution in [0.15, 0.2) is 107 Å². The molecule has 8 nitrogen and oxygen atoms in total. The molecule has 9 heteroatoms. The Balaban J connectivity index is 1.44. The molecule has 2 N–H and O–H groups in total. The zero-order chi connectivity index (χ0) is 25.0. The van der Waals surface area contributed by atoms with E-state index in [1.54, 1.807) is 0 Å². The second-order valence-electron chi connectivity index (χ2n) is 7.31. The van der Waals surface area contributed by atoms with E-state index in [1.165, 1.54) is 97.1 Å². The van der Waals surface area contributed by atoms with Gasteiger partial charge in [0.1, 0.15) is 23.0 Å². The molecule has 0 fully saturated rings. The van der Waals surface area contributed by atoms with Gasteiger partial charge in [0, 0.05) is 0 Å². The maximum Gasteiger partial charge on any atom is 0.335 e. The van der Waals surface area contributed by atoms with Crippen molar-refractivity contribution in [2.24, 2.45) is 0 Å². The smallest absolute Gasteiger partial charge is 0.335 e. The fourth-order valence-corrected chi connectivity index (χ4v) is 4.37. The highest BCUT2D eigenvalue weighted by molar-refractivity contribution is 7.91. The lowest BCUT2D eigenvalue weighted by molar-refractivity contribution is 0.0686. The van der Waals surface area contributed by atoms with Crippen molar-refractivity contribution < 1.29 is 37.7 Å². The first-order chi connectivity index (χ1) is 16.7. The van der Waals surface area contributed by atoms with Crippen LogP contribution >= 0.6 is 0 Å². The van der Waals surface area contributed by atoms with Crippen LogP contribution in [-0.4, -0.2) is 30.6 Å². The molecule has 0 atom stereocenters. The topological polar surface area (TPSA) is 127 Å². The van der Waals surface area contributed by atoms with Crippen molar-refractivity contribution in [3.8, 4) is 23.0 Å². The summed E-state index contributed by atoms with van der Waals surface area (Å²) in [4.78, 5) is 22.0. The monoisotopic (exact) mass is 490 g/mol. The summed E-state index contributed by atoms with van der Waals surface area (Å²) in [7, 11) is -3.79. The van der Waals surface area contributed by atoms with Gasteiger partial charge in [-0.3, -0.25) is 0 Å². The number of carbonyl (C=O) groups is 2. The predicted octanol–water partition coefficient (Wildman–Crippen LogP) is 5.50. The van der Waals surface area contributed by atoms with Gasteiger partial charge in [-0.2, -0.15) is 0 Å². The molecule has 0 aliphatic heterocycles. The lowest BCUT2D eigenvalue weighted by atomic mass is 10.2. The first-order valence-electron chi connectivity index (χ1n) is 10.2. The Kier molecular flexibility index (Phi) is 6.52. The van der Waals surface area contributed by atoms with Gasteiger partial charge < -0.3 is 19.7 Å².